The van der Waals surface area contributed by atoms with Crippen LogP contribution in [-0.4, -0.2) is 13.0 Å². The first-order valence-corrected chi connectivity index (χ1v) is 7.34. The zero-order valence-electron chi connectivity index (χ0n) is 11.3. The average Bonchev–Trinajstić information content (AvgIpc) is 2.47. The van der Waals surface area contributed by atoms with Gasteiger partial charge in [-0.3, -0.25) is 4.79 Å². The van der Waals surface area contributed by atoms with E-state index in [4.69, 9.17) is 16.3 Å². The molecule has 0 fully saturated rings. The third-order valence-electron chi connectivity index (χ3n) is 2.72. The Morgan fingerprint density at radius 1 is 1.24 bits per heavy atom. The number of carbonyl (C=O) groups is 1. The van der Waals surface area contributed by atoms with E-state index in [0.717, 1.165) is 10.0 Å². The van der Waals surface area contributed by atoms with Crippen LogP contribution in [0.1, 0.15) is 5.56 Å². The van der Waals surface area contributed by atoms with E-state index in [1.165, 1.54) is 6.08 Å². The molecule has 0 aromatic heterocycles. The molecule has 0 saturated carbocycles. The van der Waals surface area contributed by atoms with Crippen molar-refractivity contribution in [3.8, 4) is 5.75 Å². The van der Waals surface area contributed by atoms with Crippen molar-refractivity contribution in [1.29, 1.82) is 0 Å². The van der Waals surface area contributed by atoms with E-state index >= 15 is 0 Å². The third kappa shape index (κ3) is 4.62. The Labute approximate surface area is 136 Å². The Morgan fingerprint density at radius 2 is 1.95 bits per heavy atom. The number of carbonyl (C=O) groups excluding carboxylic acids is 1. The summed E-state index contributed by atoms with van der Waals surface area (Å²) in [6, 6.07) is 12.7. The van der Waals surface area contributed by atoms with Crippen molar-refractivity contribution < 1.29 is 9.53 Å². The molecule has 0 saturated heterocycles. The highest BCUT2D eigenvalue weighted by Crippen LogP contribution is 2.27. The van der Waals surface area contributed by atoms with Gasteiger partial charge in [-0.25, -0.2) is 0 Å². The molecule has 0 heterocycles. The summed E-state index contributed by atoms with van der Waals surface area (Å²) >= 11 is 9.36. The summed E-state index contributed by atoms with van der Waals surface area (Å²) in [5.74, 6) is 0.347. The molecule has 5 heteroatoms. The van der Waals surface area contributed by atoms with Gasteiger partial charge in [-0.1, -0.05) is 39.7 Å². The van der Waals surface area contributed by atoms with Crippen LogP contribution in [0.15, 0.2) is 53.0 Å². The number of ether oxygens (including phenoxy) is 1. The zero-order chi connectivity index (χ0) is 15.2. The van der Waals surface area contributed by atoms with Crippen molar-refractivity contribution in [2.45, 2.75) is 0 Å². The lowest BCUT2D eigenvalue weighted by atomic mass is 10.2. The average molecular weight is 367 g/mol. The second-order valence-corrected chi connectivity index (χ2v) is 5.55. The minimum absolute atomic E-state index is 0.223. The van der Waals surface area contributed by atoms with E-state index in [0.29, 0.717) is 16.5 Å². The van der Waals surface area contributed by atoms with E-state index in [-0.39, 0.29) is 5.91 Å². The van der Waals surface area contributed by atoms with Gasteiger partial charge in [0.1, 0.15) is 5.75 Å². The lowest BCUT2D eigenvalue weighted by molar-refractivity contribution is -0.111. The molecule has 0 aliphatic rings. The fraction of sp³-hybridized carbons (Fsp3) is 0.0625. The summed E-state index contributed by atoms with van der Waals surface area (Å²) < 4.78 is 6.05. The van der Waals surface area contributed by atoms with Gasteiger partial charge < -0.3 is 10.1 Å². The molecule has 1 N–H and O–H groups in total. The number of hydrogen-bond donors (Lipinski definition) is 1. The van der Waals surface area contributed by atoms with Crippen LogP contribution in [-0.2, 0) is 4.79 Å². The Hall–Kier alpha value is -1.78. The van der Waals surface area contributed by atoms with Gasteiger partial charge in [-0.05, 0) is 42.0 Å². The minimum Gasteiger partial charge on any atom is -0.495 e. The summed E-state index contributed by atoms with van der Waals surface area (Å²) in [7, 11) is 1.54. The van der Waals surface area contributed by atoms with Gasteiger partial charge in [0.15, 0.2) is 0 Å². The predicted octanol–water partition coefficient (Wildman–Crippen LogP) is 4.76. The second kappa shape index (κ2) is 7.29. The van der Waals surface area contributed by atoms with Crippen LogP contribution in [0.3, 0.4) is 0 Å². The Morgan fingerprint density at radius 3 is 2.57 bits per heavy atom. The van der Waals surface area contributed by atoms with Gasteiger partial charge in [-0.2, -0.15) is 0 Å². The molecule has 0 radical (unpaired) electrons. The SMILES string of the molecule is COc1ccc(NC(=O)/C=C/c2ccc(Br)cc2)cc1Cl. The van der Waals surface area contributed by atoms with Gasteiger partial charge in [0.25, 0.3) is 0 Å². The maximum absolute atomic E-state index is 11.8. The zero-order valence-corrected chi connectivity index (χ0v) is 13.6. The smallest absolute Gasteiger partial charge is 0.248 e. The number of nitrogens with one attached hydrogen (secondary N) is 1. The molecule has 2 aromatic rings. The second-order valence-electron chi connectivity index (χ2n) is 4.22. The quantitative estimate of drug-likeness (QED) is 0.792. The molecule has 3 nitrogen and oxygen atoms in total. The number of methoxy groups -OCH3 is 1. The van der Waals surface area contributed by atoms with Crippen molar-refractivity contribution in [3.05, 3.63) is 63.6 Å². The number of rotatable bonds is 4. The van der Waals surface area contributed by atoms with Crippen LogP contribution in [0.4, 0.5) is 5.69 Å². The molecule has 0 aliphatic heterocycles. The van der Waals surface area contributed by atoms with E-state index in [9.17, 15) is 4.79 Å². The highest BCUT2D eigenvalue weighted by molar-refractivity contribution is 9.10. The molecule has 0 bridgehead atoms. The molecule has 21 heavy (non-hydrogen) atoms. The first-order chi connectivity index (χ1) is 10.1. The highest BCUT2D eigenvalue weighted by atomic mass is 79.9. The van der Waals surface area contributed by atoms with Gasteiger partial charge in [0, 0.05) is 16.2 Å². The number of hydrogen-bond acceptors (Lipinski definition) is 2. The van der Waals surface area contributed by atoms with Gasteiger partial charge in [0.05, 0.1) is 12.1 Å². The molecular weight excluding hydrogens is 354 g/mol. The van der Waals surface area contributed by atoms with E-state index in [1.807, 2.05) is 24.3 Å². The van der Waals surface area contributed by atoms with Crippen molar-refractivity contribution in [1.82, 2.24) is 0 Å². The van der Waals surface area contributed by atoms with Crippen LogP contribution in [0.25, 0.3) is 6.08 Å². The molecular formula is C16H13BrClNO2. The molecule has 0 atom stereocenters. The first-order valence-electron chi connectivity index (χ1n) is 6.16. The normalized spacial score (nSPS) is 10.6. The van der Waals surface area contributed by atoms with Gasteiger partial charge in [0.2, 0.25) is 5.91 Å². The van der Waals surface area contributed by atoms with Crippen molar-refractivity contribution in [3.63, 3.8) is 0 Å². The van der Waals surface area contributed by atoms with Crippen LogP contribution >= 0.6 is 27.5 Å². The fourth-order valence-corrected chi connectivity index (χ4v) is 2.20. The first kappa shape index (κ1) is 15.6. The Balaban J connectivity index is 2.01. The maximum Gasteiger partial charge on any atom is 0.248 e. The Kier molecular flexibility index (Phi) is 5.42. The lowest BCUT2D eigenvalue weighted by Crippen LogP contribution is -2.07. The van der Waals surface area contributed by atoms with E-state index in [2.05, 4.69) is 21.2 Å². The number of halogens is 2. The summed E-state index contributed by atoms with van der Waals surface area (Å²) in [5.41, 5.74) is 1.56. The number of anilines is 1. The summed E-state index contributed by atoms with van der Waals surface area (Å²) in [4.78, 5) is 11.8. The van der Waals surface area contributed by atoms with Crippen molar-refractivity contribution in [2.24, 2.45) is 0 Å². The maximum atomic E-state index is 11.8. The molecule has 2 rings (SSSR count). The van der Waals surface area contributed by atoms with E-state index < -0.39 is 0 Å². The van der Waals surface area contributed by atoms with Crippen molar-refractivity contribution >= 4 is 45.2 Å². The lowest BCUT2D eigenvalue weighted by Gasteiger charge is -2.06. The molecule has 1 amide bonds. The monoisotopic (exact) mass is 365 g/mol. The van der Waals surface area contributed by atoms with Gasteiger partial charge in [-0.15, -0.1) is 0 Å². The van der Waals surface area contributed by atoms with Gasteiger partial charge >= 0.3 is 0 Å². The molecule has 108 valence electrons. The fourth-order valence-electron chi connectivity index (χ4n) is 1.67. The van der Waals surface area contributed by atoms with Crippen LogP contribution in [0.5, 0.6) is 5.75 Å². The molecule has 0 spiro atoms. The highest BCUT2D eigenvalue weighted by Gasteiger charge is 2.03. The topological polar surface area (TPSA) is 38.3 Å². The minimum atomic E-state index is -0.223. The third-order valence-corrected chi connectivity index (χ3v) is 3.54. The predicted molar refractivity (Wildman–Crippen MR) is 89.8 cm³/mol. The van der Waals surface area contributed by atoms with Crippen LogP contribution in [0.2, 0.25) is 5.02 Å². The standard InChI is InChI=1S/C16H13BrClNO2/c1-21-15-8-7-13(10-14(15)18)19-16(20)9-4-11-2-5-12(17)6-3-11/h2-10H,1H3,(H,19,20)/b9-4+. The molecule has 0 unspecified atom stereocenters. The number of benzene rings is 2. The van der Waals surface area contributed by atoms with E-state index in [1.54, 1.807) is 31.4 Å². The summed E-state index contributed by atoms with van der Waals surface area (Å²) in [6.45, 7) is 0. The number of amides is 1. The van der Waals surface area contributed by atoms with Crippen molar-refractivity contribution in [2.75, 3.05) is 12.4 Å². The largest absolute Gasteiger partial charge is 0.495 e. The van der Waals surface area contributed by atoms with Crippen LogP contribution < -0.4 is 10.1 Å². The summed E-state index contributed by atoms with van der Waals surface area (Å²) in [6.07, 6.45) is 3.22. The molecule has 0 aliphatic carbocycles. The Bertz CT molecular complexity index is 668. The molecule has 2 aromatic carbocycles. The van der Waals surface area contributed by atoms with Crippen LogP contribution in [0, 0.1) is 0 Å². The summed E-state index contributed by atoms with van der Waals surface area (Å²) in [5, 5.41) is 3.19.